The van der Waals surface area contributed by atoms with E-state index in [-0.39, 0.29) is 5.91 Å². The van der Waals surface area contributed by atoms with Gasteiger partial charge in [-0.05, 0) is 37.1 Å². The molecule has 1 aromatic heterocycles. The molecule has 0 saturated heterocycles. The van der Waals surface area contributed by atoms with Gasteiger partial charge in [-0.25, -0.2) is 4.98 Å². The molecule has 104 valence electrons. The lowest BCUT2D eigenvalue weighted by Gasteiger charge is -2.18. The van der Waals surface area contributed by atoms with E-state index in [0.29, 0.717) is 6.42 Å². The maximum absolute atomic E-state index is 11.3. The monoisotopic (exact) mass is 270 g/mol. The number of amides is 1. The van der Waals surface area contributed by atoms with Crippen molar-refractivity contribution in [3.8, 4) is 0 Å². The van der Waals surface area contributed by atoms with E-state index in [0.717, 1.165) is 30.9 Å². The van der Waals surface area contributed by atoms with Crippen LogP contribution in [0.2, 0.25) is 0 Å². The molecule has 5 nitrogen and oxygen atoms in total. The van der Waals surface area contributed by atoms with Crippen molar-refractivity contribution in [3.05, 3.63) is 42.0 Å². The Balaban J connectivity index is 1.71. The first kappa shape index (κ1) is 12.7. The minimum Gasteiger partial charge on any atom is -0.379 e. The van der Waals surface area contributed by atoms with Gasteiger partial charge in [-0.15, -0.1) is 0 Å². The topological polar surface area (TPSA) is 59.0 Å². The number of anilines is 2. The third-order valence-corrected chi connectivity index (χ3v) is 3.61. The van der Waals surface area contributed by atoms with E-state index in [4.69, 9.17) is 0 Å². The van der Waals surface area contributed by atoms with Crippen LogP contribution in [-0.4, -0.2) is 15.5 Å². The lowest BCUT2D eigenvalue weighted by molar-refractivity contribution is -0.116. The Bertz CT molecular complexity index is 633. The van der Waals surface area contributed by atoms with Gasteiger partial charge in [0.25, 0.3) is 0 Å². The molecule has 1 aliphatic rings. The maximum Gasteiger partial charge on any atom is 0.224 e. The minimum atomic E-state index is 0.102. The highest BCUT2D eigenvalue weighted by Gasteiger charge is 2.14. The zero-order valence-electron chi connectivity index (χ0n) is 11.5. The van der Waals surface area contributed by atoms with Crippen molar-refractivity contribution in [2.75, 3.05) is 10.6 Å². The highest BCUT2D eigenvalue weighted by Crippen LogP contribution is 2.25. The summed E-state index contributed by atoms with van der Waals surface area (Å²) in [6, 6.07) is 6.07. The fraction of sp³-hybridized carbons (Fsp3) is 0.333. The van der Waals surface area contributed by atoms with Crippen LogP contribution in [0.25, 0.3) is 0 Å². The smallest absolute Gasteiger partial charge is 0.224 e. The van der Waals surface area contributed by atoms with Crippen LogP contribution in [0.15, 0.2) is 30.7 Å². The highest BCUT2D eigenvalue weighted by atomic mass is 16.1. The summed E-state index contributed by atoms with van der Waals surface area (Å²) in [6.45, 7) is 3.78. The fourth-order valence-electron chi connectivity index (χ4n) is 2.47. The van der Waals surface area contributed by atoms with Crippen molar-refractivity contribution in [3.63, 3.8) is 0 Å². The van der Waals surface area contributed by atoms with Gasteiger partial charge in [0.15, 0.2) is 0 Å². The number of benzene rings is 1. The Hall–Kier alpha value is -2.30. The summed E-state index contributed by atoms with van der Waals surface area (Å²) in [5.74, 6) is 0.102. The molecule has 2 aromatic rings. The third-order valence-electron chi connectivity index (χ3n) is 3.61. The van der Waals surface area contributed by atoms with E-state index in [1.807, 2.05) is 24.7 Å². The third kappa shape index (κ3) is 2.52. The molecule has 0 atom stereocenters. The zero-order valence-corrected chi connectivity index (χ0v) is 11.5. The number of aryl methyl sites for hydroxylation is 2. The van der Waals surface area contributed by atoms with E-state index < -0.39 is 0 Å². The highest BCUT2D eigenvalue weighted by molar-refractivity contribution is 5.94. The fourth-order valence-corrected chi connectivity index (χ4v) is 2.47. The van der Waals surface area contributed by atoms with E-state index in [1.165, 1.54) is 11.3 Å². The van der Waals surface area contributed by atoms with Gasteiger partial charge in [-0.3, -0.25) is 4.79 Å². The summed E-state index contributed by atoms with van der Waals surface area (Å²) in [5.41, 5.74) is 4.37. The molecule has 0 radical (unpaired) electrons. The van der Waals surface area contributed by atoms with Gasteiger partial charge in [0.1, 0.15) is 0 Å². The zero-order chi connectivity index (χ0) is 13.9. The Morgan fingerprint density at radius 2 is 2.30 bits per heavy atom. The number of nitrogens with zero attached hydrogens (tertiary/aromatic N) is 2. The summed E-state index contributed by atoms with van der Waals surface area (Å²) in [7, 11) is 0. The minimum absolute atomic E-state index is 0.102. The second kappa shape index (κ2) is 5.36. The van der Waals surface area contributed by atoms with Gasteiger partial charge in [-0.2, -0.15) is 0 Å². The largest absolute Gasteiger partial charge is 0.379 e. The van der Waals surface area contributed by atoms with Crippen LogP contribution in [0.1, 0.15) is 24.6 Å². The Morgan fingerprint density at radius 3 is 3.15 bits per heavy atom. The predicted molar refractivity (Wildman–Crippen MR) is 78.6 cm³/mol. The Labute approximate surface area is 118 Å². The van der Waals surface area contributed by atoms with Gasteiger partial charge >= 0.3 is 0 Å². The molecule has 3 rings (SSSR count). The molecule has 0 spiro atoms. The molecule has 0 aliphatic carbocycles. The van der Waals surface area contributed by atoms with Gasteiger partial charge < -0.3 is 15.2 Å². The molecule has 1 aromatic carbocycles. The summed E-state index contributed by atoms with van der Waals surface area (Å²) in [6.07, 6.45) is 5.11. The van der Waals surface area contributed by atoms with Crippen LogP contribution < -0.4 is 10.6 Å². The SMILES string of the molecule is CCn1cncc1CNc1ccc2c(c1)CCC(=O)N2. The van der Waals surface area contributed by atoms with Crippen LogP contribution in [0, 0.1) is 0 Å². The lowest BCUT2D eigenvalue weighted by Crippen LogP contribution is -2.19. The van der Waals surface area contributed by atoms with Crippen molar-refractivity contribution in [2.45, 2.75) is 32.9 Å². The van der Waals surface area contributed by atoms with E-state index in [2.05, 4.69) is 33.2 Å². The average molecular weight is 270 g/mol. The number of nitrogens with one attached hydrogen (secondary N) is 2. The molecule has 0 unspecified atom stereocenters. The van der Waals surface area contributed by atoms with E-state index in [9.17, 15) is 4.79 Å². The first-order valence-electron chi connectivity index (χ1n) is 6.92. The average Bonchev–Trinajstić information content (AvgIpc) is 2.92. The van der Waals surface area contributed by atoms with Gasteiger partial charge in [0.2, 0.25) is 5.91 Å². The molecule has 1 aliphatic heterocycles. The quantitative estimate of drug-likeness (QED) is 0.897. The van der Waals surface area contributed by atoms with Gasteiger partial charge in [0.05, 0.1) is 18.6 Å². The number of fused-ring (bicyclic) bond motifs is 1. The number of hydrogen-bond acceptors (Lipinski definition) is 3. The van der Waals surface area contributed by atoms with Crippen molar-refractivity contribution in [1.82, 2.24) is 9.55 Å². The van der Waals surface area contributed by atoms with Crippen LogP contribution >= 0.6 is 0 Å². The molecule has 2 N–H and O–H groups in total. The summed E-state index contributed by atoms with van der Waals surface area (Å²) < 4.78 is 2.12. The molecule has 2 heterocycles. The molecular formula is C15H18N4O. The normalized spacial score (nSPS) is 13.8. The van der Waals surface area contributed by atoms with Crippen LogP contribution in [0.3, 0.4) is 0 Å². The molecule has 0 fully saturated rings. The van der Waals surface area contributed by atoms with Crippen LogP contribution in [0.5, 0.6) is 0 Å². The van der Waals surface area contributed by atoms with Gasteiger partial charge in [0, 0.05) is 30.5 Å². The number of carbonyl (C=O) groups is 1. The molecule has 0 bridgehead atoms. The summed E-state index contributed by atoms with van der Waals surface area (Å²) >= 11 is 0. The second-order valence-electron chi connectivity index (χ2n) is 4.94. The van der Waals surface area contributed by atoms with E-state index in [1.54, 1.807) is 0 Å². The molecular weight excluding hydrogens is 252 g/mol. The molecule has 0 saturated carbocycles. The summed E-state index contributed by atoms with van der Waals surface area (Å²) in [4.78, 5) is 15.5. The first-order chi connectivity index (χ1) is 9.76. The number of rotatable bonds is 4. The number of hydrogen-bond donors (Lipinski definition) is 2. The molecule has 5 heteroatoms. The first-order valence-corrected chi connectivity index (χ1v) is 6.92. The van der Waals surface area contributed by atoms with Gasteiger partial charge in [-0.1, -0.05) is 0 Å². The van der Waals surface area contributed by atoms with Crippen LogP contribution in [0.4, 0.5) is 11.4 Å². The van der Waals surface area contributed by atoms with Crippen molar-refractivity contribution in [2.24, 2.45) is 0 Å². The summed E-state index contributed by atoms with van der Waals surface area (Å²) in [5, 5.41) is 6.30. The van der Waals surface area contributed by atoms with Crippen molar-refractivity contribution >= 4 is 17.3 Å². The number of carbonyl (C=O) groups excluding carboxylic acids is 1. The number of aromatic nitrogens is 2. The standard InChI is InChI=1S/C15H18N4O/c1-2-19-10-16-8-13(19)9-17-12-4-5-14-11(7-12)3-6-15(20)18-14/h4-5,7-8,10,17H,2-3,6,9H2,1H3,(H,18,20). The van der Waals surface area contributed by atoms with Crippen molar-refractivity contribution in [1.29, 1.82) is 0 Å². The predicted octanol–water partition coefficient (Wildman–Crippen LogP) is 2.40. The molecule has 1 amide bonds. The van der Waals surface area contributed by atoms with Crippen LogP contribution in [-0.2, 0) is 24.3 Å². The Morgan fingerprint density at radius 1 is 1.40 bits per heavy atom. The van der Waals surface area contributed by atoms with Crippen molar-refractivity contribution < 1.29 is 4.79 Å². The van der Waals surface area contributed by atoms with E-state index >= 15 is 0 Å². The molecule has 20 heavy (non-hydrogen) atoms. The second-order valence-corrected chi connectivity index (χ2v) is 4.94. The number of imidazole rings is 1. The Kier molecular flexibility index (Phi) is 3.41. The lowest BCUT2D eigenvalue weighted by atomic mass is 10.0. The maximum atomic E-state index is 11.3.